The maximum atomic E-state index is 11.6. The van der Waals surface area contributed by atoms with E-state index in [4.69, 9.17) is 0 Å². The number of ketones is 1. The number of carbonyl (C=O) groups excluding carboxylic acids is 1. The largest absolute Gasteiger partial charge is 0.507 e. The van der Waals surface area contributed by atoms with E-state index in [0.29, 0.717) is 24.2 Å². The first kappa shape index (κ1) is 9.97. The summed E-state index contributed by atoms with van der Waals surface area (Å²) < 4.78 is 0. The van der Waals surface area contributed by atoms with Crippen molar-refractivity contribution >= 4 is 5.78 Å². The minimum atomic E-state index is 0.150. The number of benzene rings is 1. The molecule has 0 saturated carbocycles. The van der Waals surface area contributed by atoms with Crippen LogP contribution in [0.1, 0.15) is 34.3 Å². The van der Waals surface area contributed by atoms with Crippen LogP contribution in [-0.4, -0.2) is 10.9 Å². The number of aromatic hydroxyl groups is 1. The van der Waals surface area contributed by atoms with Crippen LogP contribution in [0.25, 0.3) is 0 Å². The Kier molecular flexibility index (Phi) is 2.58. The summed E-state index contributed by atoms with van der Waals surface area (Å²) in [5.74, 6) is 0.442. The van der Waals surface area contributed by atoms with Crippen LogP contribution in [0.3, 0.4) is 0 Å². The minimum absolute atomic E-state index is 0.150. The lowest BCUT2D eigenvalue weighted by molar-refractivity contribution is 0.0971. The Bertz CT molecular complexity index is 419. The highest BCUT2D eigenvalue weighted by atomic mass is 16.3. The fraction of sp³-hybridized carbons (Fsp3) is 0.308. The summed E-state index contributed by atoms with van der Waals surface area (Å²) in [5.41, 5.74) is 2.38. The molecule has 2 rings (SSSR count). The van der Waals surface area contributed by atoms with Crippen molar-refractivity contribution in [2.75, 3.05) is 0 Å². The molecule has 1 aromatic rings. The van der Waals surface area contributed by atoms with Gasteiger partial charge in [0.2, 0.25) is 0 Å². The molecule has 0 heterocycles. The van der Waals surface area contributed by atoms with Crippen LogP contribution >= 0.6 is 0 Å². The molecule has 0 unspecified atom stereocenters. The van der Waals surface area contributed by atoms with Gasteiger partial charge < -0.3 is 5.11 Å². The molecule has 0 amide bonds. The molecule has 0 aliphatic heterocycles. The molecule has 1 aromatic carbocycles. The minimum Gasteiger partial charge on any atom is -0.507 e. The highest BCUT2D eigenvalue weighted by Gasteiger charge is 2.21. The SMILES string of the molecule is C=CCc1ccc2c(c1O)CCCC2=O. The van der Waals surface area contributed by atoms with Crippen molar-refractivity contribution in [1.29, 1.82) is 0 Å². The lowest BCUT2D eigenvalue weighted by atomic mass is 9.88. The number of hydrogen-bond donors (Lipinski definition) is 1. The van der Waals surface area contributed by atoms with Crippen molar-refractivity contribution in [1.82, 2.24) is 0 Å². The van der Waals surface area contributed by atoms with E-state index in [9.17, 15) is 9.90 Å². The third-order valence-corrected chi connectivity index (χ3v) is 2.86. The first-order valence-electron chi connectivity index (χ1n) is 5.22. The van der Waals surface area contributed by atoms with Gasteiger partial charge in [-0.2, -0.15) is 0 Å². The van der Waals surface area contributed by atoms with E-state index in [1.165, 1.54) is 0 Å². The van der Waals surface area contributed by atoms with E-state index >= 15 is 0 Å². The van der Waals surface area contributed by atoms with Crippen molar-refractivity contribution in [3.63, 3.8) is 0 Å². The predicted octanol–water partition coefficient (Wildman–Crippen LogP) is 2.64. The number of rotatable bonds is 2. The van der Waals surface area contributed by atoms with E-state index in [-0.39, 0.29) is 5.78 Å². The van der Waals surface area contributed by atoms with Gasteiger partial charge in [-0.05, 0) is 24.8 Å². The number of fused-ring (bicyclic) bond motifs is 1. The van der Waals surface area contributed by atoms with Crippen LogP contribution in [0.5, 0.6) is 5.75 Å². The molecule has 0 saturated heterocycles. The quantitative estimate of drug-likeness (QED) is 0.748. The van der Waals surface area contributed by atoms with E-state index in [0.717, 1.165) is 24.0 Å². The predicted molar refractivity (Wildman–Crippen MR) is 59.3 cm³/mol. The average Bonchev–Trinajstić information content (AvgIpc) is 2.23. The molecule has 0 atom stereocenters. The molecular formula is C13H14O2. The molecular weight excluding hydrogens is 188 g/mol. The third kappa shape index (κ3) is 1.67. The van der Waals surface area contributed by atoms with Gasteiger partial charge in [0.25, 0.3) is 0 Å². The highest BCUT2D eigenvalue weighted by molar-refractivity contribution is 5.99. The summed E-state index contributed by atoms with van der Waals surface area (Å²) in [6.45, 7) is 3.65. The first-order chi connectivity index (χ1) is 7.24. The van der Waals surface area contributed by atoms with Crippen molar-refractivity contribution in [3.8, 4) is 5.75 Å². The van der Waals surface area contributed by atoms with Crippen molar-refractivity contribution in [2.45, 2.75) is 25.7 Å². The molecule has 1 N–H and O–H groups in total. The van der Waals surface area contributed by atoms with Gasteiger partial charge in [-0.1, -0.05) is 18.2 Å². The van der Waals surface area contributed by atoms with E-state index in [1.54, 1.807) is 6.08 Å². The molecule has 78 valence electrons. The van der Waals surface area contributed by atoms with Crippen LogP contribution in [0.2, 0.25) is 0 Å². The summed E-state index contributed by atoms with van der Waals surface area (Å²) in [7, 11) is 0. The van der Waals surface area contributed by atoms with Gasteiger partial charge in [-0.3, -0.25) is 4.79 Å². The van der Waals surface area contributed by atoms with Crippen LogP contribution in [-0.2, 0) is 12.8 Å². The Morgan fingerprint density at radius 1 is 1.40 bits per heavy atom. The normalized spacial score (nSPS) is 14.8. The monoisotopic (exact) mass is 202 g/mol. The lowest BCUT2D eigenvalue weighted by Crippen LogP contribution is -2.11. The standard InChI is InChI=1S/C13H14O2/c1-2-4-9-7-8-10-11(13(9)15)5-3-6-12(10)14/h2,7-8,15H,1,3-6H2. The highest BCUT2D eigenvalue weighted by Crippen LogP contribution is 2.32. The van der Waals surface area contributed by atoms with Crippen molar-refractivity contribution in [2.24, 2.45) is 0 Å². The maximum absolute atomic E-state index is 11.6. The number of phenolic OH excluding ortho intramolecular Hbond substituents is 1. The Hall–Kier alpha value is -1.57. The fourth-order valence-corrected chi connectivity index (χ4v) is 2.08. The third-order valence-electron chi connectivity index (χ3n) is 2.86. The smallest absolute Gasteiger partial charge is 0.163 e. The number of allylic oxidation sites excluding steroid dienone is 1. The van der Waals surface area contributed by atoms with Gasteiger partial charge in [0, 0.05) is 17.5 Å². The molecule has 0 radical (unpaired) electrons. The van der Waals surface area contributed by atoms with Crippen LogP contribution in [0.4, 0.5) is 0 Å². The topological polar surface area (TPSA) is 37.3 Å². The zero-order valence-corrected chi connectivity index (χ0v) is 8.62. The van der Waals surface area contributed by atoms with Gasteiger partial charge >= 0.3 is 0 Å². The van der Waals surface area contributed by atoms with Gasteiger partial charge in [0.05, 0.1) is 0 Å². The molecule has 0 bridgehead atoms. The summed E-state index contributed by atoms with van der Waals surface area (Å²) >= 11 is 0. The number of hydrogen-bond acceptors (Lipinski definition) is 2. The van der Waals surface area contributed by atoms with Gasteiger partial charge in [0.15, 0.2) is 5.78 Å². The van der Waals surface area contributed by atoms with Crippen LogP contribution < -0.4 is 0 Å². The molecule has 2 nitrogen and oxygen atoms in total. The zero-order valence-electron chi connectivity index (χ0n) is 8.62. The molecule has 1 aliphatic carbocycles. The molecule has 0 aromatic heterocycles. The molecule has 15 heavy (non-hydrogen) atoms. The van der Waals surface area contributed by atoms with Gasteiger partial charge in [0.1, 0.15) is 5.75 Å². The Balaban J connectivity index is 2.51. The zero-order chi connectivity index (χ0) is 10.8. The van der Waals surface area contributed by atoms with E-state index in [1.807, 2.05) is 12.1 Å². The first-order valence-corrected chi connectivity index (χ1v) is 5.22. The molecule has 1 aliphatic rings. The second kappa shape index (κ2) is 3.89. The number of phenols is 1. The fourth-order valence-electron chi connectivity index (χ4n) is 2.08. The second-order valence-electron chi connectivity index (χ2n) is 3.87. The van der Waals surface area contributed by atoms with Crippen molar-refractivity contribution < 1.29 is 9.90 Å². The summed E-state index contributed by atoms with van der Waals surface area (Å²) in [6, 6.07) is 3.65. The Morgan fingerprint density at radius 3 is 2.93 bits per heavy atom. The summed E-state index contributed by atoms with van der Waals surface area (Å²) in [4.78, 5) is 11.6. The van der Waals surface area contributed by atoms with E-state index < -0.39 is 0 Å². The maximum Gasteiger partial charge on any atom is 0.163 e. The van der Waals surface area contributed by atoms with Crippen LogP contribution in [0, 0.1) is 0 Å². The van der Waals surface area contributed by atoms with Gasteiger partial charge in [-0.15, -0.1) is 6.58 Å². The lowest BCUT2D eigenvalue weighted by Gasteiger charge is -2.17. The summed E-state index contributed by atoms with van der Waals surface area (Å²) in [6.07, 6.45) is 4.65. The molecule has 0 spiro atoms. The number of Topliss-reactive ketones (excluding diaryl/α,β-unsaturated/α-hetero) is 1. The summed E-state index contributed by atoms with van der Waals surface area (Å²) in [5, 5.41) is 9.98. The van der Waals surface area contributed by atoms with E-state index in [2.05, 4.69) is 6.58 Å². The number of carbonyl (C=O) groups is 1. The Labute approximate surface area is 89.2 Å². The van der Waals surface area contributed by atoms with Crippen LogP contribution in [0.15, 0.2) is 24.8 Å². The molecule has 0 fully saturated rings. The average molecular weight is 202 g/mol. The Morgan fingerprint density at radius 2 is 2.20 bits per heavy atom. The second-order valence-corrected chi connectivity index (χ2v) is 3.87. The van der Waals surface area contributed by atoms with Crippen molar-refractivity contribution in [3.05, 3.63) is 41.5 Å². The molecule has 2 heteroatoms. The van der Waals surface area contributed by atoms with Gasteiger partial charge in [-0.25, -0.2) is 0 Å².